The number of carboxylic acid groups (broad SMARTS) is 2. The van der Waals surface area contributed by atoms with Gasteiger partial charge in [-0.05, 0) is 38.0 Å². The summed E-state index contributed by atoms with van der Waals surface area (Å²) in [5, 5.41) is 29.2. The number of ether oxygens (including phenoxy) is 1. The van der Waals surface area contributed by atoms with Gasteiger partial charge in [0.25, 0.3) is 0 Å². The van der Waals surface area contributed by atoms with Gasteiger partial charge in [-0.3, -0.25) is 19.3 Å². The van der Waals surface area contributed by atoms with Crippen molar-refractivity contribution in [2.75, 3.05) is 13.2 Å². The van der Waals surface area contributed by atoms with E-state index in [0.717, 1.165) is 0 Å². The van der Waals surface area contributed by atoms with Gasteiger partial charge in [0.1, 0.15) is 18.9 Å². The van der Waals surface area contributed by atoms with Gasteiger partial charge in [-0.15, -0.1) is 0 Å². The first-order valence-electron chi connectivity index (χ1n) is 8.98. The SMILES string of the molecule is CCC(C)(C)C(=O)OCC(O)N1CC(C(C)C)C(CC(=O)O)C1C(=O)O. The van der Waals surface area contributed by atoms with Gasteiger partial charge in [-0.1, -0.05) is 20.8 Å². The molecule has 0 aromatic heterocycles. The van der Waals surface area contributed by atoms with Gasteiger partial charge >= 0.3 is 17.9 Å². The van der Waals surface area contributed by atoms with Gasteiger partial charge in [-0.2, -0.15) is 0 Å². The summed E-state index contributed by atoms with van der Waals surface area (Å²) in [6, 6.07) is -1.13. The molecule has 1 aliphatic rings. The van der Waals surface area contributed by atoms with E-state index >= 15 is 0 Å². The van der Waals surface area contributed by atoms with Crippen LogP contribution in [0.1, 0.15) is 47.5 Å². The number of carbonyl (C=O) groups is 3. The second-order valence-corrected chi connectivity index (χ2v) is 7.97. The van der Waals surface area contributed by atoms with E-state index in [9.17, 15) is 24.6 Å². The first-order valence-corrected chi connectivity index (χ1v) is 8.98. The number of nitrogens with zero attached hydrogens (tertiary/aromatic N) is 1. The fraction of sp³-hybridized carbons (Fsp3) is 0.833. The van der Waals surface area contributed by atoms with Crippen molar-refractivity contribution in [3.05, 3.63) is 0 Å². The van der Waals surface area contributed by atoms with E-state index in [0.29, 0.717) is 6.42 Å². The molecule has 0 radical (unpaired) electrons. The highest BCUT2D eigenvalue weighted by molar-refractivity contribution is 5.77. The zero-order valence-electron chi connectivity index (χ0n) is 16.1. The van der Waals surface area contributed by atoms with E-state index in [1.807, 2.05) is 20.8 Å². The van der Waals surface area contributed by atoms with E-state index in [4.69, 9.17) is 9.84 Å². The zero-order valence-corrected chi connectivity index (χ0v) is 16.1. The Morgan fingerprint density at radius 3 is 2.23 bits per heavy atom. The minimum atomic E-state index is -1.30. The summed E-state index contributed by atoms with van der Waals surface area (Å²) >= 11 is 0. The molecular formula is C18H31NO7. The number of aliphatic carboxylic acids is 2. The predicted octanol–water partition coefficient (Wildman–Crippen LogP) is 1.42. The molecule has 0 bridgehead atoms. The van der Waals surface area contributed by atoms with E-state index in [-0.39, 0.29) is 31.4 Å². The molecule has 1 fully saturated rings. The summed E-state index contributed by atoms with van der Waals surface area (Å²) in [6.07, 6.45) is -1.02. The number of aliphatic hydroxyl groups excluding tert-OH is 1. The number of aliphatic hydroxyl groups is 1. The molecule has 0 spiro atoms. The second-order valence-electron chi connectivity index (χ2n) is 7.97. The third-order valence-corrected chi connectivity index (χ3v) is 5.44. The number of rotatable bonds is 9. The molecule has 0 aromatic rings. The van der Waals surface area contributed by atoms with Gasteiger partial charge in [0, 0.05) is 6.54 Å². The molecule has 150 valence electrons. The molecule has 1 aliphatic heterocycles. The molecule has 1 rings (SSSR count). The van der Waals surface area contributed by atoms with Crippen LogP contribution in [0.15, 0.2) is 0 Å². The van der Waals surface area contributed by atoms with Gasteiger partial charge in [0.2, 0.25) is 0 Å². The topological polar surface area (TPSA) is 124 Å². The molecule has 0 amide bonds. The fourth-order valence-electron chi connectivity index (χ4n) is 3.36. The Morgan fingerprint density at radius 2 is 1.81 bits per heavy atom. The monoisotopic (exact) mass is 373 g/mol. The van der Waals surface area contributed by atoms with Crippen LogP contribution in [0.25, 0.3) is 0 Å². The molecule has 1 heterocycles. The van der Waals surface area contributed by atoms with Crippen LogP contribution in [0.5, 0.6) is 0 Å². The summed E-state index contributed by atoms with van der Waals surface area (Å²) in [5.74, 6) is -3.47. The lowest BCUT2D eigenvalue weighted by molar-refractivity contribution is -0.164. The van der Waals surface area contributed by atoms with Crippen molar-refractivity contribution in [2.24, 2.45) is 23.2 Å². The van der Waals surface area contributed by atoms with E-state index in [1.54, 1.807) is 13.8 Å². The first-order chi connectivity index (χ1) is 11.9. The third-order valence-electron chi connectivity index (χ3n) is 5.44. The zero-order chi connectivity index (χ0) is 20.2. The van der Waals surface area contributed by atoms with E-state index in [1.165, 1.54) is 4.90 Å². The Hall–Kier alpha value is -1.67. The maximum Gasteiger partial charge on any atom is 0.321 e. The fourth-order valence-corrected chi connectivity index (χ4v) is 3.36. The molecule has 0 saturated carbocycles. The van der Waals surface area contributed by atoms with Crippen LogP contribution in [0.3, 0.4) is 0 Å². The summed E-state index contributed by atoms with van der Waals surface area (Å²) in [6.45, 7) is 9.00. The summed E-state index contributed by atoms with van der Waals surface area (Å²) in [7, 11) is 0. The molecule has 4 unspecified atom stereocenters. The van der Waals surface area contributed by atoms with Crippen molar-refractivity contribution in [3.8, 4) is 0 Å². The highest BCUT2D eigenvalue weighted by Crippen LogP contribution is 2.38. The Kier molecular flexibility index (Phi) is 7.58. The molecule has 1 saturated heterocycles. The van der Waals surface area contributed by atoms with Crippen molar-refractivity contribution in [2.45, 2.75) is 59.7 Å². The van der Waals surface area contributed by atoms with Gasteiger partial charge in [0.05, 0.1) is 11.8 Å². The van der Waals surface area contributed by atoms with Crippen molar-refractivity contribution < 1.29 is 34.4 Å². The minimum Gasteiger partial charge on any atom is -0.481 e. The number of carbonyl (C=O) groups excluding carboxylic acids is 1. The maximum atomic E-state index is 12.1. The summed E-state index contributed by atoms with van der Waals surface area (Å²) < 4.78 is 5.17. The molecule has 0 aromatic carbocycles. The molecular weight excluding hydrogens is 342 g/mol. The summed E-state index contributed by atoms with van der Waals surface area (Å²) in [5.41, 5.74) is -0.691. The molecule has 8 heteroatoms. The Morgan fingerprint density at radius 1 is 1.23 bits per heavy atom. The van der Waals surface area contributed by atoms with E-state index in [2.05, 4.69) is 0 Å². The van der Waals surface area contributed by atoms with Crippen molar-refractivity contribution in [1.29, 1.82) is 0 Å². The normalized spacial score (nSPS) is 25.3. The van der Waals surface area contributed by atoms with Crippen LogP contribution in [-0.4, -0.2) is 63.5 Å². The number of carboxylic acids is 2. The van der Waals surface area contributed by atoms with Gasteiger partial charge in [0.15, 0.2) is 0 Å². The standard InChI is InChI=1S/C18H31NO7/c1-6-18(4,5)17(25)26-9-13(20)19-8-12(10(2)3)11(7-14(21)22)15(19)16(23)24/h10-13,15,20H,6-9H2,1-5H3,(H,21,22)(H,23,24). The second kappa shape index (κ2) is 8.81. The van der Waals surface area contributed by atoms with Crippen LogP contribution < -0.4 is 0 Å². The van der Waals surface area contributed by atoms with Crippen LogP contribution in [0.2, 0.25) is 0 Å². The highest BCUT2D eigenvalue weighted by atomic mass is 16.5. The van der Waals surface area contributed by atoms with Crippen molar-refractivity contribution in [1.82, 2.24) is 4.90 Å². The van der Waals surface area contributed by atoms with E-state index < -0.39 is 41.5 Å². The summed E-state index contributed by atoms with van der Waals surface area (Å²) in [4.78, 5) is 36.4. The lowest BCUT2D eigenvalue weighted by atomic mass is 9.81. The number of hydrogen-bond donors (Lipinski definition) is 3. The molecule has 0 aliphatic carbocycles. The lowest BCUT2D eigenvalue weighted by Gasteiger charge is -2.29. The Bertz CT molecular complexity index is 532. The molecule has 26 heavy (non-hydrogen) atoms. The van der Waals surface area contributed by atoms with Crippen molar-refractivity contribution in [3.63, 3.8) is 0 Å². The average molecular weight is 373 g/mol. The molecule has 4 atom stereocenters. The Labute approximate surface area is 154 Å². The van der Waals surface area contributed by atoms with Gasteiger partial charge in [-0.25, -0.2) is 0 Å². The Balaban J connectivity index is 2.93. The van der Waals surface area contributed by atoms with Crippen LogP contribution in [-0.2, 0) is 19.1 Å². The van der Waals surface area contributed by atoms with Crippen LogP contribution in [0.4, 0.5) is 0 Å². The van der Waals surface area contributed by atoms with Crippen LogP contribution in [0, 0.1) is 23.2 Å². The smallest absolute Gasteiger partial charge is 0.321 e. The largest absolute Gasteiger partial charge is 0.481 e. The first kappa shape index (κ1) is 22.4. The minimum absolute atomic E-state index is 0.0555. The number of esters is 1. The van der Waals surface area contributed by atoms with Gasteiger partial charge < -0.3 is 20.1 Å². The highest BCUT2D eigenvalue weighted by Gasteiger charge is 2.49. The quantitative estimate of drug-likeness (QED) is 0.518. The van der Waals surface area contributed by atoms with Crippen LogP contribution >= 0.6 is 0 Å². The van der Waals surface area contributed by atoms with Crippen molar-refractivity contribution >= 4 is 17.9 Å². The average Bonchev–Trinajstić information content (AvgIpc) is 2.91. The number of hydrogen-bond acceptors (Lipinski definition) is 6. The molecule has 8 nitrogen and oxygen atoms in total. The molecule has 3 N–H and O–H groups in total. The third kappa shape index (κ3) is 5.17. The maximum absolute atomic E-state index is 12.1. The number of likely N-dealkylation sites (tertiary alicyclic amines) is 1. The predicted molar refractivity (Wildman–Crippen MR) is 93.2 cm³/mol. The lowest BCUT2D eigenvalue weighted by Crippen LogP contribution is -2.48.